The lowest BCUT2D eigenvalue weighted by Gasteiger charge is -2.17. The first-order valence-corrected chi connectivity index (χ1v) is 16.5. The Bertz CT molecular complexity index is 1820. The van der Waals surface area contributed by atoms with E-state index in [1.807, 2.05) is 85.1 Å². The number of carbonyl (C=O) groups excluding carboxylic acids is 3. The summed E-state index contributed by atoms with van der Waals surface area (Å²) in [6.07, 6.45) is 1.66. The SMILES string of the molecule is Cc1csc(NC(=O)C(Sc2ccc(NC(=O)/C(=C/c3ccc(C(C)C)cc3)NC(=O)c3ccccc3)cc2)c2ccccc2)n1. The molecule has 0 saturated heterocycles. The first-order chi connectivity index (χ1) is 22.2. The van der Waals surface area contributed by atoms with E-state index >= 15 is 0 Å². The number of carbonyl (C=O) groups is 3. The number of thiazole rings is 1. The van der Waals surface area contributed by atoms with Crippen molar-refractivity contribution in [1.82, 2.24) is 10.3 Å². The van der Waals surface area contributed by atoms with Gasteiger partial charge in [0.2, 0.25) is 5.91 Å². The van der Waals surface area contributed by atoms with Gasteiger partial charge in [-0.25, -0.2) is 4.98 Å². The Morgan fingerprint density at radius 2 is 1.43 bits per heavy atom. The number of rotatable bonds is 11. The van der Waals surface area contributed by atoms with Crippen LogP contribution in [0.4, 0.5) is 10.8 Å². The summed E-state index contributed by atoms with van der Waals surface area (Å²) in [6.45, 7) is 6.12. The fourth-order valence-corrected chi connectivity index (χ4v) is 6.24. The summed E-state index contributed by atoms with van der Waals surface area (Å²) in [5.74, 6) is -0.642. The minimum Gasteiger partial charge on any atom is -0.321 e. The van der Waals surface area contributed by atoms with Crippen LogP contribution in [-0.4, -0.2) is 22.7 Å². The smallest absolute Gasteiger partial charge is 0.272 e. The topological polar surface area (TPSA) is 100 Å². The average molecular weight is 647 g/mol. The molecule has 232 valence electrons. The second-order valence-electron chi connectivity index (χ2n) is 10.9. The van der Waals surface area contributed by atoms with Crippen molar-refractivity contribution in [3.05, 3.63) is 148 Å². The molecular formula is C37H34N4O3S2. The van der Waals surface area contributed by atoms with Crippen LogP contribution in [0, 0.1) is 6.92 Å². The molecule has 3 amide bonds. The third-order valence-electron chi connectivity index (χ3n) is 7.00. The Labute approximate surface area is 277 Å². The molecule has 0 saturated carbocycles. The van der Waals surface area contributed by atoms with Crippen molar-refractivity contribution >= 4 is 57.7 Å². The number of aryl methyl sites for hydroxylation is 1. The van der Waals surface area contributed by atoms with E-state index in [2.05, 4.69) is 34.8 Å². The summed E-state index contributed by atoms with van der Waals surface area (Å²) < 4.78 is 0. The van der Waals surface area contributed by atoms with Gasteiger partial charge in [-0.05, 0) is 72.0 Å². The molecule has 46 heavy (non-hydrogen) atoms. The molecule has 0 bridgehead atoms. The van der Waals surface area contributed by atoms with Crippen LogP contribution in [0.3, 0.4) is 0 Å². The third kappa shape index (κ3) is 8.80. The normalized spacial score (nSPS) is 12.0. The lowest BCUT2D eigenvalue weighted by atomic mass is 10.0. The van der Waals surface area contributed by atoms with E-state index in [0.29, 0.717) is 22.3 Å². The van der Waals surface area contributed by atoms with Crippen LogP contribution < -0.4 is 16.0 Å². The van der Waals surface area contributed by atoms with Gasteiger partial charge in [-0.1, -0.05) is 86.6 Å². The molecular weight excluding hydrogens is 613 g/mol. The number of thioether (sulfide) groups is 1. The molecule has 1 unspecified atom stereocenters. The van der Waals surface area contributed by atoms with Crippen molar-refractivity contribution < 1.29 is 14.4 Å². The van der Waals surface area contributed by atoms with Gasteiger partial charge in [0.25, 0.3) is 11.8 Å². The van der Waals surface area contributed by atoms with Crippen molar-refractivity contribution in [2.24, 2.45) is 0 Å². The van der Waals surface area contributed by atoms with Crippen LogP contribution in [0.1, 0.15) is 57.8 Å². The maximum absolute atomic E-state index is 13.5. The van der Waals surface area contributed by atoms with E-state index in [4.69, 9.17) is 0 Å². The van der Waals surface area contributed by atoms with E-state index in [1.165, 1.54) is 28.7 Å². The lowest BCUT2D eigenvalue weighted by molar-refractivity contribution is -0.116. The molecule has 0 spiro atoms. The van der Waals surface area contributed by atoms with Crippen molar-refractivity contribution in [1.29, 1.82) is 0 Å². The Morgan fingerprint density at radius 3 is 2.04 bits per heavy atom. The highest BCUT2D eigenvalue weighted by molar-refractivity contribution is 8.00. The number of aromatic nitrogens is 1. The maximum Gasteiger partial charge on any atom is 0.272 e. The number of nitrogens with one attached hydrogen (secondary N) is 3. The summed E-state index contributed by atoms with van der Waals surface area (Å²) in [5.41, 5.74) is 4.78. The standard InChI is InChI=1S/C37H34N4O3S2/c1-24(2)27-16-14-26(15-17-27)22-32(40-34(42)29-12-8-5-9-13-29)35(43)39-30-18-20-31(21-19-30)46-33(28-10-6-4-7-11-28)36(44)41-37-38-25(3)23-45-37/h4-24,33H,1-3H3,(H,39,43)(H,40,42)(H,38,41,44)/b32-22-. The van der Waals surface area contributed by atoms with Crippen molar-refractivity contribution in [2.45, 2.75) is 36.8 Å². The van der Waals surface area contributed by atoms with Gasteiger partial charge in [0.15, 0.2) is 5.13 Å². The minimum atomic E-state index is -0.518. The first kappa shape index (κ1) is 32.4. The fraction of sp³-hybridized carbons (Fsp3) is 0.135. The van der Waals surface area contributed by atoms with Gasteiger partial charge in [0.05, 0.1) is 5.69 Å². The zero-order valence-electron chi connectivity index (χ0n) is 25.7. The zero-order chi connectivity index (χ0) is 32.5. The van der Waals surface area contributed by atoms with Crippen molar-refractivity contribution in [3.8, 4) is 0 Å². The number of nitrogens with zero attached hydrogens (tertiary/aromatic N) is 1. The maximum atomic E-state index is 13.5. The highest BCUT2D eigenvalue weighted by Gasteiger charge is 2.23. The van der Waals surface area contributed by atoms with Gasteiger partial charge < -0.3 is 16.0 Å². The molecule has 1 atom stereocenters. The quantitative estimate of drug-likeness (QED) is 0.0988. The summed E-state index contributed by atoms with van der Waals surface area (Å²) >= 11 is 2.79. The highest BCUT2D eigenvalue weighted by Crippen LogP contribution is 2.37. The van der Waals surface area contributed by atoms with E-state index < -0.39 is 11.2 Å². The average Bonchev–Trinajstić information content (AvgIpc) is 3.48. The van der Waals surface area contributed by atoms with Gasteiger partial charge in [0, 0.05) is 21.5 Å². The Balaban J connectivity index is 1.33. The van der Waals surface area contributed by atoms with E-state index in [-0.39, 0.29) is 17.5 Å². The molecule has 9 heteroatoms. The molecule has 0 radical (unpaired) electrons. The fourth-order valence-electron chi connectivity index (χ4n) is 4.52. The summed E-state index contributed by atoms with van der Waals surface area (Å²) in [5, 5.41) is 10.6. The van der Waals surface area contributed by atoms with Crippen LogP contribution in [0.25, 0.3) is 6.08 Å². The highest BCUT2D eigenvalue weighted by atomic mass is 32.2. The number of hydrogen-bond acceptors (Lipinski definition) is 6. The van der Waals surface area contributed by atoms with Crippen LogP contribution in [0.15, 0.2) is 125 Å². The van der Waals surface area contributed by atoms with Gasteiger partial charge in [0.1, 0.15) is 10.9 Å². The predicted molar refractivity (Wildman–Crippen MR) is 188 cm³/mol. The second-order valence-corrected chi connectivity index (χ2v) is 12.9. The van der Waals surface area contributed by atoms with Crippen molar-refractivity contribution in [2.75, 3.05) is 10.6 Å². The van der Waals surface area contributed by atoms with E-state index in [1.54, 1.807) is 42.5 Å². The zero-order valence-corrected chi connectivity index (χ0v) is 27.3. The molecule has 0 aliphatic carbocycles. The number of amides is 3. The molecule has 5 rings (SSSR count). The number of anilines is 2. The van der Waals surface area contributed by atoms with Crippen LogP contribution in [0.5, 0.6) is 0 Å². The molecule has 5 aromatic rings. The Kier molecular flexibility index (Phi) is 10.8. The molecule has 0 fully saturated rings. The molecule has 3 N–H and O–H groups in total. The van der Waals surface area contributed by atoms with Crippen LogP contribution in [-0.2, 0) is 9.59 Å². The van der Waals surface area contributed by atoms with Crippen molar-refractivity contribution in [3.63, 3.8) is 0 Å². The molecule has 1 aromatic heterocycles. The second kappa shape index (κ2) is 15.3. The van der Waals surface area contributed by atoms with E-state index in [0.717, 1.165) is 21.7 Å². The van der Waals surface area contributed by atoms with Gasteiger partial charge >= 0.3 is 0 Å². The van der Waals surface area contributed by atoms with Gasteiger partial charge in [-0.3, -0.25) is 14.4 Å². The van der Waals surface area contributed by atoms with Gasteiger partial charge in [-0.15, -0.1) is 23.1 Å². The first-order valence-electron chi connectivity index (χ1n) is 14.8. The number of benzene rings is 4. The minimum absolute atomic E-state index is 0.114. The lowest BCUT2D eigenvalue weighted by Crippen LogP contribution is -2.30. The third-order valence-corrected chi connectivity index (χ3v) is 9.14. The monoisotopic (exact) mass is 646 g/mol. The molecule has 0 aliphatic rings. The Hall–Kier alpha value is -4.99. The summed E-state index contributed by atoms with van der Waals surface area (Å²) in [4.78, 5) is 45.1. The molecule has 7 nitrogen and oxygen atoms in total. The molecule has 4 aromatic carbocycles. The molecule has 1 heterocycles. The summed E-state index contributed by atoms with van der Waals surface area (Å²) in [6, 6.07) is 33.5. The largest absolute Gasteiger partial charge is 0.321 e. The number of hydrogen-bond donors (Lipinski definition) is 3. The summed E-state index contributed by atoms with van der Waals surface area (Å²) in [7, 11) is 0. The molecule has 0 aliphatic heterocycles. The van der Waals surface area contributed by atoms with Gasteiger partial charge in [-0.2, -0.15) is 0 Å². The predicted octanol–water partition coefficient (Wildman–Crippen LogP) is 8.46. The van der Waals surface area contributed by atoms with Crippen LogP contribution >= 0.6 is 23.1 Å². The van der Waals surface area contributed by atoms with E-state index in [9.17, 15) is 14.4 Å². The Morgan fingerprint density at radius 1 is 0.783 bits per heavy atom. The van der Waals surface area contributed by atoms with Crippen LogP contribution in [0.2, 0.25) is 0 Å².